The van der Waals surface area contributed by atoms with Crippen LogP contribution >= 0.6 is 11.3 Å². The topological polar surface area (TPSA) is 105 Å². The molecule has 10 heteroatoms. The molecule has 152 valence electrons. The molecule has 29 heavy (non-hydrogen) atoms. The number of benzene rings is 2. The van der Waals surface area contributed by atoms with Gasteiger partial charge < -0.3 is 18.8 Å². The number of thiazole rings is 1. The SMILES string of the molecule is CCn1c(=NC(=O)c2cc(OC)c(OC)c(OC)c2)sc2cc([N+](=O)[O-])ccc21. The smallest absolute Gasteiger partial charge is 0.279 e. The van der Waals surface area contributed by atoms with E-state index in [9.17, 15) is 14.9 Å². The second-order valence-corrected chi connectivity index (χ2v) is 6.88. The summed E-state index contributed by atoms with van der Waals surface area (Å²) in [5.41, 5.74) is 1.04. The van der Waals surface area contributed by atoms with Crippen molar-refractivity contribution in [3.8, 4) is 17.2 Å². The van der Waals surface area contributed by atoms with E-state index in [1.54, 1.807) is 6.07 Å². The number of hydrogen-bond donors (Lipinski definition) is 0. The van der Waals surface area contributed by atoms with Crippen LogP contribution in [-0.4, -0.2) is 36.7 Å². The number of nitro groups is 1. The fourth-order valence-electron chi connectivity index (χ4n) is 2.92. The summed E-state index contributed by atoms with van der Waals surface area (Å²) in [6.45, 7) is 2.47. The minimum absolute atomic E-state index is 0.00972. The van der Waals surface area contributed by atoms with Crippen molar-refractivity contribution < 1.29 is 23.9 Å². The predicted octanol–water partition coefficient (Wildman–Crippen LogP) is 3.40. The van der Waals surface area contributed by atoms with E-state index in [0.29, 0.717) is 33.3 Å². The zero-order chi connectivity index (χ0) is 21.1. The van der Waals surface area contributed by atoms with E-state index in [1.807, 2.05) is 11.5 Å². The van der Waals surface area contributed by atoms with Crippen LogP contribution in [-0.2, 0) is 6.54 Å². The molecule has 0 N–H and O–H groups in total. The zero-order valence-electron chi connectivity index (χ0n) is 16.3. The molecule has 0 unspecified atom stereocenters. The largest absolute Gasteiger partial charge is 0.493 e. The summed E-state index contributed by atoms with van der Waals surface area (Å²) < 4.78 is 18.3. The standard InChI is InChI=1S/C19H19N3O6S/c1-5-21-13-7-6-12(22(24)25)10-16(13)29-19(21)20-18(23)11-8-14(26-2)17(28-4)15(9-11)27-3/h6-10H,5H2,1-4H3. The number of amides is 1. The summed E-state index contributed by atoms with van der Waals surface area (Å²) in [7, 11) is 4.41. The lowest BCUT2D eigenvalue weighted by Gasteiger charge is -2.12. The lowest BCUT2D eigenvalue weighted by atomic mass is 10.1. The molecule has 0 aliphatic heterocycles. The molecule has 0 saturated heterocycles. The summed E-state index contributed by atoms with van der Waals surface area (Å²) in [6.07, 6.45) is 0. The molecule has 0 radical (unpaired) electrons. The molecule has 9 nitrogen and oxygen atoms in total. The van der Waals surface area contributed by atoms with Gasteiger partial charge in [0.1, 0.15) is 0 Å². The van der Waals surface area contributed by atoms with E-state index >= 15 is 0 Å². The maximum absolute atomic E-state index is 12.8. The average molecular weight is 417 g/mol. The van der Waals surface area contributed by atoms with E-state index in [2.05, 4.69) is 4.99 Å². The van der Waals surface area contributed by atoms with Crippen LogP contribution in [0.4, 0.5) is 5.69 Å². The highest BCUT2D eigenvalue weighted by atomic mass is 32.1. The third kappa shape index (κ3) is 3.79. The van der Waals surface area contributed by atoms with Crippen molar-refractivity contribution in [2.45, 2.75) is 13.5 Å². The molecule has 3 aromatic rings. The van der Waals surface area contributed by atoms with Gasteiger partial charge >= 0.3 is 0 Å². The van der Waals surface area contributed by atoms with Crippen molar-refractivity contribution in [2.75, 3.05) is 21.3 Å². The van der Waals surface area contributed by atoms with E-state index in [4.69, 9.17) is 14.2 Å². The van der Waals surface area contributed by atoms with E-state index < -0.39 is 10.8 Å². The Kier molecular flexibility index (Phi) is 5.83. The fourth-order valence-corrected chi connectivity index (χ4v) is 4.05. The third-order valence-electron chi connectivity index (χ3n) is 4.30. The zero-order valence-corrected chi connectivity index (χ0v) is 17.1. The number of hydrogen-bond acceptors (Lipinski definition) is 7. The highest BCUT2D eigenvalue weighted by Crippen LogP contribution is 2.38. The molecule has 2 aromatic carbocycles. The van der Waals surface area contributed by atoms with Crippen molar-refractivity contribution >= 4 is 33.1 Å². The number of aromatic nitrogens is 1. The molecule has 0 bridgehead atoms. The number of non-ortho nitro benzene ring substituents is 1. The van der Waals surface area contributed by atoms with Crippen molar-refractivity contribution in [3.05, 3.63) is 50.8 Å². The molecule has 0 aliphatic carbocycles. The first kappa shape index (κ1) is 20.3. The maximum atomic E-state index is 12.8. The summed E-state index contributed by atoms with van der Waals surface area (Å²) in [4.78, 5) is 28.1. The second kappa shape index (κ2) is 8.31. The molecule has 1 heterocycles. The van der Waals surface area contributed by atoms with Crippen LogP contribution in [0.2, 0.25) is 0 Å². The Labute approximate surface area is 169 Å². The summed E-state index contributed by atoms with van der Waals surface area (Å²) in [6, 6.07) is 7.64. The van der Waals surface area contributed by atoms with Crippen molar-refractivity contribution in [3.63, 3.8) is 0 Å². The van der Waals surface area contributed by atoms with Gasteiger partial charge in [0, 0.05) is 24.2 Å². The predicted molar refractivity (Wildman–Crippen MR) is 108 cm³/mol. The number of fused-ring (bicyclic) bond motifs is 1. The van der Waals surface area contributed by atoms with E-state index in [-0.39, 0.29) is 11.3 Å². The Hall–Kier alpha value is -3.40. The quantitative estimate of drug-likeness (QED) is 0.450. The van der Waals surface area contributed by atoms with Gasteiger partial charge in [-0.1, -0.05) is 11.3 Å². The first-order valence-electron chi connectivity index (χ1n) is 8.60. The van der Waals surface area contributed by atoms with Crippen LogP contribution < -0.4 is 19.0 Å². The van der Waals surface area contributed by atoms with Crippen molar-refractivity contribution in [1.82, 2.24) is 4.57 Å². The number of nitro benzene ring substituents is 1. The molecule has 0 spiro atoms. The van der Waals surface area contributed by atoms with Crippen LogP contribution in [0.15, 0.2) is 35.3 Å². The highest BCUT2D eigenvalue weighted by molar-refractivity contribution is 7.16. The molecular formula is C19H19N3O6S. The lowest BCUT2D eigenvalue weighted by Crippen LogP contribution is -2.16. The summed E-state index contributed by atoms with van der Waals surface area (Å²) in [5, 5.41) is 11.0. The highest BCUT2D eigenvalue weighted by Gasteiger charge is 2.17. The molecule has 1 aromatic heterocycles. The minimum Gasteiger partial charge on any atom is -0.493 e. The van der Waals surface area contributed by atoms with Gasteiger partial charge in [-0.25, -0.2) is 0 Å². The normalized spacial score (nSPS) is 11.5. The number of rotatable bonds is 6. The maximum Gasteiger partial charge on any atom is 0.279 e. The van der Waals surface area contributed by atoms with Crippen molar-refractivity contribution in [2.24, 2.45) is 4.99 Å². The number of carbonyl (C=O) groups is 1. The second-order valence-electron chi connectivity index (χ2n) is 5.87. The van der Waals surface area contributed by atoms with Crippen molar-refractivity contribution in [1.29, 1.82) is 0 Å². The van der Waals surface area contributed by atoms with E-state index in [0.717, 1.165) is 5.52 Å². The lowest BCUT2D eigenvalue weighted by molar-refractivity contribution is -0.384. The van der Waals surface area contributed by atoms with Gasteiger partial charge in [0.15, 0.2) is 16.3 Å². The fraction of sp³-hybridized carbons (Fsp3) is 0.263. The first-order chi connectivity index (χ1) is 13.9. The Morgan fingerprint density at radius 1 is 1.14 bits per heavy atom. The van der Waals surface area contributed by atoms with Gasteiger partial charge in [0.2, 0.25) is 5.75 Å². The van der Waals surface area contributed by atoms with Crippen LogP contribution in [0.5, 0.6) is 17.2 Å². The van der Waals surface area contributed by atoms with Crippen LogP contribution in [0, 0.1) is 10.1 Å². The Morgan fingerprint density at radius 2 is 1.79 bits per heavy atom. The van der Waals surface area contributed by atoms with E-state index in [1.165, 1.54) is 56.9 Å². The minimum atomic E-state index is -0.493. The molecule has 0 fully saturated rings. The number of methoxy groups -OCH3 is 3. The third-order valence-corrected chi connectivity index (χ3v) is 5.34. The summed E-state index contributed by atoms with van der Waals surface area (Å²) >= 11 is 1.21. The molecule has 0 atom stereocenters. The van der Waals surface area contributed by atoms with Gasteiger partial charge in [-0.3, -0.25) is 14.9 Å². The summed E-state index contributed by atoms with van der Waals surface area (Å²) in [5.74, 6) is 0.582. The van der Waals surface area contributed by atoms with Gasteiger partial charge in [-0.15, -0.1) is 0 Å². The molecule has 3 rings (SSSR count). The van der Waals surface area contributed by atoms with Crippen LogP contribution in [0.25, 0.3) is 10.2 Å². The van der Waals surface area contributed by atoms with Crippen LogP contribution in [0.1, 0.15) is 17.3 Å². The Morgan fingerprint density at radius 3 is 2.31 bits per heavy atom. The van der Waals surface area contributed by atoms with Gasteiger partial charge in [-0.05, 0) is 25.1 Å². The van der Waals surface area contributed by atoms with Gasteiger partial charge in [0.25, 0.3) is 11.6 Å². The molecular weight excluding hydrogens is 398 g/mol. The number of aryl methyl sites for hydroxylation is 1. The molecule has 0 aliphatic rings. The van der Waals surface area contributed by atoms with Crippen LogP contribution in [0.3, 0.4) is 0 Å². The number of ether oxygens (including phenoxy) is 3. The average Bonchev–Trinajstić information content (AvgIpc) is 3.08. The van der Waals surface area contributed by atoms with Gasteiger partial charge in [0.05, 0.1) is 36.5 Å². The Balaban J connectivity index is 2.13. The molecule has 1 amide bonds. The molecule has 0 saturated carbocycles. The van der Waals surface area contributed by atoms with Gasteiger partial charge in [-0.2, -0.15) is 4.99 Å². The monoisotopic (exact) mass is 417 g/mol. The number of carbonyl (C=O) groups excluding carboxylic acids is 1. The Bertz CT molecular complexity index is 1140. The first-order valence-corrected chi connectivity index (χ1v) is 9.42. The number of nitrogens with zero attached hydrogens (tertiary/aromatic N) is 3.